The van der Waals surface area contributed by atoms with Gasteiger partial charge in [0, 0.05) is 12.1 Å². The Morgan fingerprint density at radius 3 is 2.35 bits per heavy atom. The van der Waals surface area contributed by atoms with Gasteiger partial charge in [-0.3, -0.25) is 0 Å². The van der Waals surface area contributed by atoms with Crippen LogP contribution in [-0.2, 0) is 15.9 Å². The summed E-state index contributed by atoms with van der Waals surface area (Å²) in [6.07, 6.45) is -1.24. The highest BCUT2D eigenvalue weighted by Crippen LogP contribution is 2.37. The van der Waals surface area contributed by atoms with Crippen LogP contribution in [0, 0.1) is 5.82 Å². The minimum absolute atomic E-state index is 0.0347. The third-order valence-corrected chi connectivity index (χ3v) is 4.39. The number of methoxy groups -OCH3 is 1. The van der Waals surface area contributed by atoms with E-state index in [1.54, 1.807) is 6.07 Å². The average molecular weight is 325 g/mol. The van der Waals surface area contributed by atoms with Gasteiger partial charge >= 0.3 is 13.2 Å². The predicted octanol–water partition coefficient (Wildman–Crippen LogP) is 1.90. The van der Waals surface area contributed by atoms with Crippen molar-refractivity contribution in [1.82, 2.24) is 5.32 Å². The molecule has 1 saturated heterocycles. The van der Waals surface area contributed by atoms with E-state index >= 15 is 0 Å². The highest BCUT2D eigenvalue weighted by atomic mass is 19.1. The molecule has 2 N–H and O–H groups in total. The van der Waals surface area contributed by atoms with Gasteiger partial charge in [0.1, 0.15) is 0 Å². The third kappa shape index (κ3) is 3.28. The molecule has 2 rings (SSSR count). The Balaban J connectivity index is 2.42. The fourth-order valence-electron chi connectivity index (χ4n) is 2.31. The Hall–Kier alpha value is -1.80. The summed E-state index contributed by atoms with van der Waals surface area (Å²) in [5.74, 6) is -0.596. The highest BCUT2D eigenvalue weighted by Gasteiger charge is 2.52. The van der Waals surface area contributed by atoms with Crippen LogP contribution in [0.2, 0.25) is 0 Å². The minimum atomic E-state index is -1.24. The lowest BCUT2D eigenvalue weighted by atomic mass is 9.75. The number of carboxylic acid groups (broad SMARTS) is 1. The van der Waals surface area contributed by atoms with E-state index in [0.29, 0.717) is 5.46 Å². The Bertz CT molecular complexity index is 604. The monoisotopic (exact) mass is 325 g/mol. The molecule has 1 aliphatic rings. The first kappa shape index (κ1) is 17.6. The second-order valence-electron chi connectivity index (χ2n) is 6.40. The zero-order valence-corrected chi connectivity index (χ0v) is 13.9. The van der Waals surface area contributed by atoms with Crippen LogP contribution in [-0.4, -0.2) is 36.6 Å². The topological polar surface area (TPSA) is 77.0 Å². The van der Waals surface area contributed by atoms with Gasteiger partial charge < -0.3 is 24.5 Å². The Morgan fingerprint density at radius 1 is 1.30 bits per heavy atom. The van der Waals surface area contributed by atoms with Crippen LogP contribution in [0.25, 0.3) is 0 Å². The molecule has 0 bridgehead atoms. The minimum Gasteiger partial charge on any atom is -0.494 e. The highest BCUT2D eigenvalue weighted by molar-refractivity contribution is 6.62. The van der Waals surface area contributed by atoms with Crippen molar-refractivity contribution in [3.05, 3.63) is 23.5 Å². The molecule has 0 aliphatic carbocycles. The number of hydrogen-bond acceptors (Lipinski definition) is 4. The molecule has 1 amide bonds. The molecule has 1 fully saturated rings. The number of ether oxygens (including phenoxy) is 1. The summed E-state index contributed by atoms with van der Waals surface area (Å²) < 4.78 is 31.4. The molecule has 1 aliphatic heterocycles. The van der Waals surface area contributed by atoms with E-state index in [2.05, 4.69) is 5.32 Å². The molecule has 1 aromatic rings. The maximum absolute atomic E-state index is 14.6. The van der Waals surface area contributed by atoms with E-state index in [1.807, 2.05) is 27.7 Å². The summed E-state index contributed by atoms with van der Waals surface area (Å²) in [6.45, 7) is 7.35. The van der Waals surface area contributed by atoms with Crippen molar-refractivity contribution in [3.63, 3.8) is 0 Å². The predicted molar refractivity (Wildman–Crippen MR) is 83.5 cm³/mol. The van der Waals surface area contributed by atoms with Crippen LogP contribution in [0.4, 0.5) is 9.18 Å². The molecule has 0 saturated carbocycles. The molecule has 0 radical (unpaired) electrons. The molecular weight excluding hydrogens is 304 g/mol. The van der Waals surface area contributed by atoms with Crippen molar-refractivity contribution in [3.8, 4) is 5.75 Å². The van der Waals surface area contributed by atoms with Crippen molar-refractivity contribution in [2.75, 3.05) is 7.11 Å². The zero-order chi connectivity index (χ0) is 17.4. The summed E-state index contributed by atoms with van der Waals surface area (Å²) >= 11 is 0. The Labute approximate surface area is 135 Å². The standard InChI is InChI=1S/C15H21BFNO5/c1-14(2)15(3,4)23-16(22-14)10-6-7-11(21-5)12(17)9(10)8-18-13(19)20/h6-7,18H,8H2,1-5H3,(H,19,20). The van der Waals surface area contributed by atoms with Crippen molar-refractivity contribution >= 4 is 18.7 Å². The molecule has 0 spiro atoms. The Kier molecular flexibility index (Phi) is 4.59. The van der Waals surface area contributed by atoms with Crippen LogP contribution in [0.3, 0.4) is 0 Å². The van der Waals surface area contributed by atoms with Gasteiger partial charge in [0.15, 0.2) is 11.6 Å². The van der Waals surface area contributed by atoms with Gasteiger partial charge in [0.25, 0.3) is 0 Å². The average Bonchev–Trinajstić information content (AvgIpc) is 2.65. The number of halogens is 1. The van der Waals surface area contributed by atoms with Crippen LogP contribution < -0.4 is 15.5 Å². The van der Waals surface area contributed by atoms with Crippen molar-refractivity contribution < 1.29 is 28.3 Å². The normalized spacial score (nSPS) is 18.8. The summed E-state index contributed by atoms with van der Waals surface area (Å²) in [5, 5.41) is 11.0. The molecule has 6 nitrogen and oxygen atoms in total. The second kappa shape index (κ2) is 6.01. The van der Waals surface area contributed by atoms with E-state index in [0.717, 1.165) is 0 Å². The lowest BCUT2D eigenvalue weighted by Gasteiger charge is -2.32. The quantitative estimate of drug-likeness (QED) is 0.827. The van der Waals surface area contributed by atoms with Gasteiger partial charge in [-0.1, -0.05) is 6.07 Å². The smallest absolute Gasteiger partial charge is 0.494 e. The number of hydrogen-bond donors (Lipinski definition) is 2. The fraction of sp³-hybridized carbons (Fsp3) is 0.533. The van der Waals surface area contributed by atoms with Crippen molar-refractivity contribution in [2.24, 2.45) is 0 Å². The molecular formula is C15H21BFNO5. The van der Waals surface area contributed by atoms with Crippen LogP contribution >= 0.6 is 0 Å². The maximum Gasteiger partial charge on any atom is 0.495 e. The number of carbonyl (C=O) groups is 1. The second-order valence-corrected chi connectivity index (χ2v) is 6.40. The SMILES string of the molecule is COc1ccc(B2OC(C)(C)C(C)(C)O2)c(CNC(=O)O)c1F. The molecule has 0 atom stereocenters. The number of nitrogens with one attached hydrogen (secondary N) is 1. The summed E-state index contributed by atoms with van der Waals surface area (Å²) in [5.41, 5.74) is -0.571. The fourth-order valence-corrected chi connectivity index (χ4v) is 2.31. The number of benzene rings is 1. The Morgan fingerprint density at radius 2 is 1.87 bits per heavy atom. The van der Waals surface area contributed by atoms with E-state index < -0.39 is 30.2 Å². The van der Waals surface area contributed by atoms with E-state index in [9.17, 15) is 9.18 Å². The zero-order valence-electron chi connectivity index (χ0n) is 13.9. The maximum atomic E-state index is 14.6. The lowest BCUT2D eigenvalue weighted by Crippen LogP contribution is -2.41. The van der Waals surface area contributed by atoms with Crippen LogP contribution in [0.1, 0.15) is 33.3 Å². The largest absolute Gasteiger partial charge is 0.495 e. The molecule has 23 heavy (non-hydrogen) atoms. The first-order valence-electron chi connectivity index (χ1n) is 7.27. The van der Waals surface area contributed by atoms with E-state index in [4.69, 9.17) is 19.2 Å². The summed E-state index contributed by atoms with van der Waals surface area (Å²) in [4.78, 5) is 10.7. The lowest BCUT2D eigenvalue weighted by molar-refractivity contribution is 0.00578. The molecule has 1 aromatic carbocycles. The van der Waals surface area contributed by atoms with Gasteiger partial charge in [-0.25, -0.2) is 9.18 Å². The third-order valence-electron chi connectivity index (χ3n) is 4.39. The van der Waals surface area contributed by atoms with Gasteiger partial charge in [0.2, 0.25) is 0 Å². The molecule has 126 valence electrons. The molecule has 0 aromatic heterocycles. The van der Waals surface area contributed by atoms with Gasteiger partial charge in [0.05, 0.1) is 18.3 Å². The molecule has 8 heteroatoms. The number of rotatable bonds is 4. The van der Waals surface area contributed by atoms with Crippen LogP contribution in [0.15, 0.2) is 12.1 Å². The number of amides is 1. The molecule has 0 unspecified atom stereocenters. The molecule has 1 heterocycles. The van der Waals surface area contributed by atoms with Crippen molar-refractivity contribution in [2.45, 2.75) is 45.4 Å². The van der Waals surface area contributed by atoms with Gasteiger partial charge in [-0.15, -0.1) is 0 Å². The first-order valence-corrected chi connectivity index (χ1v) is 7.27. The van der Waals surface area contributed by atoms with Crippen molar-refractivity contribution in [1.29, 1.82) is 0 Å². The van der Waals surface area contributed by atoms with Crippen LogP contribution in [0.5, 0.6) is 5.75 Å². The van der Waals surface area contributed by atoms with E-state index in [-0.39, 0.29) is 17.9 Å². The van der Waals surface area contributed by atoms with E-state index in [1.165, 1.54) is 13.2 Å². The van der Waals surface area contributed by atoms with Gasteiger partial charge in [-0.05, 0) is 39.2 Å². The first-order chi connectivity index (χ1) is 10.6. The summed E-state index contributed by atoms with van der Waals surface area (Å²) in [7, 11) is 0.562. The van der Waals surface area contributed by atoms with Gasteiger partial charge in [-0.2, -0.15) is 0 Å². The summed E-state index contributed by atoms with van der Waals surface area (Å²) in [6, 6.07) is 3.10.